The van der Waals surface area contributed by atoms with Gasteiger partial charge in [-0.1, -0.05) is 22.9 Å². The van der Waals surface area contributed by atoms with Crippen LogP contribution in [-0.2, 0) is 11.3 Å². The summed E-state index contributed by atoms with van der Waals surface area (Å²) in [5.41, 5.74) is 3.79. The van der Waals surface area contributed by atoms with E-state index in [4.69, 9.17) is 16.6 Å². The number of carbonyl (C=O) groups is 1. The van der Waals surface area contributed by atoms with E-state index in [-0.39, 0.29) is 12.5 Å². The summed E-state index contributed by atoms with van der Waals surface area (Å²) in [5.74, 6) is -0.0224. The van der Waals surface area contributed by atoms with Gasteiger partial charge in [-0.25, -0.2) is 4.98 Å². The van der Waals surface area contributed by atoms with E-state index in [0.717, 1.165) is 33.7 Å². The van der Waals surface area contributed by atoms with Crippen LogP contribution in [0.15, 0.2) is 18.2 Å². The van der Waals surface area contributed by atoms with Gasteiger partial charge in [-0.15, -0.1) is 0 Å². The lowest BCUT2D eigenvalue weighted by Gasteiger charge is -2.22. The van der Waals surface area contributed by atoms with Crippen LogP contribution in [0.5, 0.6) is 0 Å². The van der Waals surface area contributed by atoms with E-state index in [0.29, 0.717) is 16.7 Å². The molecule has 0 saturated carbocycles. The maximum absolute atomic E-state index is 13.1. The zero-order chi connectivity index (χ0) is 19.7. The van der Waals surface area contributed by atoms with Crippen molar-refractivity contribution < 1.29 is 4.79 Å². The number of rotatable bonds is 6. The SMILES string of the molecule is Cc1cc(C)n(CC(=O)N(CCN(C)C)c2nc3c(C)cc(Cl)cc3s2)n1. The third kappa shape index (κ3) is 4.48. The van der Waals surface area contributed by atoms with E-state index in [9.17, 15) is 4.79 Å². The van der Waals surface area contributed by atoms with E-state index in [2.05, 4.69) is 10.00 Å². The van der Waals surface area contributed by atoms with Crippen molar-refractivity contribution in [3.63, 3.8) is 0 Å². The summed E-state index contributed by atoms with van der Waals surface area (Å²) in [4.78, 5) is 21.7. The Kier molecular flexibility index (Phi) is 5.83. The van der Waals surface area contributed by atoms with Gasteiger partial charge in [0, 0.05) is 23.8 Å². The fourth-order valence-corrected chi connectivity index (χ4v) is 4.40. The van der Waals surface area contributed by atoms with Gasteiger partial charge in [0.05, 0.1) is 15.9 Å². The highest BCUT2D eigenvalue weighted by atomic mass is 35.5. The molecule has 3 aromatic rings. The molecule has 3 rings (SSSR count). The van der Waals surface area contributed by atoms with E-state index >= 15 is 0 Å². The van der Waals surface area contributed by atoms with Crippen LogP contribution in [0.4, 0.5) is 5.13 Å². The fourth-order valence-electron chi connectivity index (χ4n) is 2.93. The van der Waals surface area contributed by atoms with E-state index in [1.165, 1.54) is 11.3 Å². The molecule has 6 nitrogen and oxygen atoms in total. The Morgan fingerprint density at radius 2 is 1.93 bits per heavy atom. The van der Waals surface area contributed by atoms with Crippen LogP contribution in [0, 0.1) is 20.8 Å². The Morgan fingerprint density at radius 3 is 2.56 bits per heavy atom. The van der Waals surface area contributed by atoms with Crippen LogP contribution >= 0.6 is 22.9 Å². The molecule has 1 aromatic carbocycles. The van der Waals surface area contributed by atoms with Crippen LogP contribution < -0.4 is 4.90 Å². The fraction of sp³-hybridized carbons (Fsp3) is 0.421. The molecule has 0 aliphatic rings. The first-order valence-electron chi connectivity index (χ1n) is 8.77. The van der Waals surface area contributed by atoms with Crippen LogP contribution in [-0.4, -0.2) is 52.8 Å². The summed E-state index contributed by atoms with van der Waals surface area (Å²) in [6.45, 7) is 7.39. The van der Waals surface area contributed by atoms with Crippen molar-refractivity contribution in [3.8, 4) is 0 Å². The van der Waals surface area contributed by atoms with Crippen molar-refractivity contribution >= 4 is 44.2 Å². The van der Waals surface area contributed by atoms with Gasteiger partial charge in [0.1, 0.15) is 6.54 Å². The van der Waals surface area contributed by atoms with Gasteiger partial charge < -0.3 is 4.90 Å². The zero-order valence-electron chi connectivity index (χ0n) is 16.3. The van der Waals surface area contributed by atoms with E-state index in [1.54, 1.807) is 9.58 Å². The summed E-state index contributed by atoms with van der Waals surface area (Å²) in [6, 6.07) is 5.77. The summed E-state index contributed by atoms with van der Waals surface area (Å²) in [5, 5.41) is 5.80. The molecule has 2 aromatic heterocycles. The number of carbonyl (C=O) groups excluding carboxylic acids is 1. The number of fused-ring (bicyclic) bond motifs is 1. The van der Waals surface area contributed by atoms with Crippen LogP contribution in [0.25, 0.3) is 10.2 Å². The lowest BCUT2D eigenvalue weighted by Crippen LogP contribution is -2.39. The first-order valence-corrected chi connectivity index (χ1v) is 9.97. The molecule has 0 aliphatic carbocycles. The summed E-state index contributed by atoms with van der Waals surface area (Å²) in [6.07, 6.45) is 0. The molecule has 0 spiro atoms. The van der Waals surface area contributed by atoms with E-state index < -0.39 is 0 Å². The maximum atomic E-state index is 13.1. The maximum Gasteiger partial charge on any atom is 0.250 e. The lowest BCUT2D eigenvalue weighted by atomic mass is 10.2. The number of hydrogen-bond acceptors (Lipinski definition) is 5. The summed E-state index contributed by atoms with van der Waals surface area (Å²) >= 11 is 7.68. The molecule has 0 N–H and O–H groups in total. The Hall–Kier alpha value is -1.96. The normalized spacial score (nSPS) is 11.5. The number of benzene rings is 1. The number of anilines is 1. The largest absolute Gasteiger partial charge is 0.308 e. The number of aryl methyl sites for hydroxylation is 3. The standard InChI is InChI=1S/C19H24ClN5OS/c1-12-8-15(20)10-16-18(12)21-19(27-16)24(7-6-23(4)5)17(26)11-25-14(3)9-13(2)22-25/h8-10H,6-7,11H2,1-5H3. The molecule has 0 unspecified atom stereocenters. The number of amides is 1. The highest BCUT2D eigenvalue weighted by molar-refractivity contribution is 7.22. The van der Waals surface area contributed by atoms with Gasteiger partial charge in [0.2, 0.25) is 0 Å². The average molecular weight is 406 g/mol. The topological polar surface area (TPSA) is 54.3 Å². The Balaban J connectivity index is 1.94. The minimum atomic E-state index is -0.0224. The molecule has 0 fully saturated rings. The van der Waals surface area contributed by atoms with Crippen molar-refractivity contribution in [1.82, 2.24) is 19.7 Å². The molecule has 27 heavy (non-hydrogen) atoms. The van der Waals surface area contributed by atoms with Crippen LogP contribution in [0.2, 0.25) is 5.02 Å². The number of likely N-dealkylation sites (N-methyl/N-ethyl adjacent to an activating group) is 1. The molecule has 2 heterocycles. The van der Waals surface area contributed by atoms with Crippen LogP contribution in [0.1, 0.15) is 17.0 Å². The molecule has 1 amide bonds. The van der Waals surface area contributed by atoms with Crippen molar-refractivity contribution in [2.24, 2.45) is 0 Å². The molecule has 0 bridgehead atoms. The Morgan fingerprint density at radius 1 is 1.19 bits per heavy atom. The minimum absolute atomic E-state index is 0.0224. The van der Waals surface area contributed by atoms with Gasteiger partial charge in [0.25, 0.3) is 5.91 Å². The predicted molar refractivity (Wildman–Crippen MR) is 112 cm³/mol. The predicted octanol–water partition coefficient (Wildman–Crippen LogP) is 3.67. The average Bonchev–Trinajstić information content (AvgIpc) is 3.10. The monoisotopic (exact) mass is 405 g/mol. The second-order valence-corrected chi connectivity index (χ2v) is 8.44. The second-order valence-electron chi connectivity index (χ2n) is 7.00. The van der Waals surface area contributed by atoms with E-state index in [1.807, 2.05) is 53.1 Å². The smallest absolute Gasteiger partial charge is 0.250 e. The zero-order valence-corrected chi connectivity index (χ0v) is 17.9. The van der Waals surface area contributed by atoms with Crippen molar-refractivity contribution in [1.29, 1.82) is 0 Å². The quantitative estimate of drug-likeness (QED) is 0.627. The number of halogens is 1. The van der Waals surface area contributed by atoms with Crippen molar-refractivity contribution in [2.75, 3.05) is 32.1 Å². The molecule has 0 saturated heterocycles. The first kappa shape index (κ1) is 19.8. The molecule has 0 radical (unpaired) electrons. The van der Waals surface area contributed by atoms with Crippen molar-refractivity contribution in [2.45, 2.75) is 27.3 Å². The van der Waals surface area contributed by atoms with Gasteiger partial charge >= 0.3 is 0 Å². The molecule has 144 valence electrons. The molecule has 0 atom stereocenters. The number of aromatic nitrogens is 3. The van der Waals surface area contributed by atoms with Gasteiger partial charge in [-0.2, -0.15) is 5.10 Å². The Labute approximate surface area is 168 Å². The van der Waals surface area contributed by atoms with Gasteiger partial charge in [-0.05, 0) is 58.6 Å². The second kappa shape index (κ2) is 7.96. The van der Waals surface area contributed by atoms with Crippen molar-refractivity contribution in [3.05, 3.63) is 40.2 Å². The molecular formula is C19H24ClN5OS. The molecular weight excluding hydrogens is 382 g/mol. The minimum Gasteiger partial charge on any atom is -0.308 e. The highest BCUT2D eigenvalue weighted by Crippen LogP contribution is 2.33. The third-order valence-corrected chi connectivity index (χ3v) is 5.57. The number of hydrogen-bond donors (Lipinski definition) is 0. The number of nitrogens with zero attached hydrogens (tertiary/aromatic N) is 5. The molecule has 0 aliphatic heterocycles. The highest BCUT2D eigenvalue weighted by Gasteiger charge is 2.22. The lowest BCUT2D eigenvalue weighted by molar-refractivity contribution is -0.119. The van der Waals surface area contributed by atoms with Gasteiger partial charge in [0.15, 0.2) is 5.13 Å². The first-order chi connectivity index (χ1) is 12.7. The molecule has 8 heteroatoms. The van der Waals surface area contributed by atoms with Crippen LogP contribution in [0.3, 0.4) is 0 Å². The third-order valence-electron chi connectivity index (χ3n) is 4.33. The van der Waals surface area contributed by atoms with Gasteiger partial charge in [-0.3, -0.25) is 14.4 Å². The number of thiazole rings is 1. The Bertz CT molecular complexity index is 978. The summed E-state index contributed by atoms with van der Waals surface area (Å²) in [7, 11) is 3.98. The summed E-state index contributed by atoms with van der Waals surface area (Å²) < 4.78 is 2.74.